The number of aryl methyl sites for hydroxylation is 1. The average molecular weight is 337 g/mol. The molecule has 0 aliphatic rings. The number of carbonyl (C=O) groups excluding carboxylic acids is 1. The van der Waals surface area contributed by atoms with Gasteiger partial charge in [-0.15, -0.1) is 0 Å². The van der Waals surface area contributed by atoms with E-state index in [1.54, 1.807) is 30.3 Å². The zero-order valence-electron chi connectivity index (χ0n) is 13.9. The number of benzene rings is 2. The number of carbonyl (C=O) groups is 1. The van der Waals surface area contributed by atoms with Crippen LogP contribution in [-0.2, 0) is 17.8 Å². The molecule has 3 rings (SSSR count). The molecule has 0 unspecified atom stereocenters. The SMILES string of the molecule is Cc1cccc2c(=O)n(CC(=O)NCCc3cccc(O)c3)cnc12. The molecule has 2 aromatic carbocycles. The third kappa shape index (κ3) is 3.85. The molecule has 128 valence electrons. The summed E-state index contributed by atoms with van der Waals surface area (Å²) in [4.78, 5) is 28.8. The number of fused-ring (bicyclic) bond motifs is 1. The number of para-hydroxylation sites is 1. The predicted octanol–water partition coefficient (Wildman–Crippen LogP) is 1.77. The minimum atomic E-state index is -0.254. The monoisotopic (exact) mass is 337 g/mol. The van der Waals surface area contributed by atoms with Gasteiger partial charge in [0, 0.05) is 6.54 Å². The van der Waals surface area contributed by atoms with Crippen molar-refractivity contribution in [3.05, 3.63) is 70.3 Å². The fourth-order valence-electron chi connectivity index (χ4n) is 2.72. The van der Waals surface area contributed by atoms with Crippen LogP contribution in [0.1, 0.15) is 11.1 Å². The van der Waals surface area contributed by atoms with Gasteiger partial charge in [-0.1, -0.05) is 24.3 Å². The number of nitrogens with zero attached hydrogens (tertiary/aromatic N) is 2. The van der Waals surface area contributed by atoms with E-state index in [0.717, 1.165) is 11.1 Å². The van der Waals surface area contributed by atoms with E-state index < -0.39 is 0 Å². The number of phenolic OH excluding ortho intramolecular Hbond substituents is 1. The standard InChI is InChI=1S/C19H19N3O3/c1-13-4-2-7-16-18(13)21-12-22(19(16)25)11-17(24)20-9-8-14-5-3-6-15(23)10-14/h2-7,10,12,23H,8-9,11H2,1H3,(H,20,24). The van der Waals surface area contributed by atoms with E-state index >= 15 is 0 Å². The van der Waals surface area contributed by atoms with E-state index in [1.165, 1.54) is 10.9 Å². The lowest BCUT2D eigenvalue weighted by Crippen LogP contribution is -2.33. The summed E-state index contributed by atoms with van der Waals surface area (Å²) in [6.45, 7) is 2.25. The van der Waals surface area contributed by atoms with E-state index in [4.69, 9.17) is 0 Å². The maximum atomic E-state index is 12.5. The highest BCUT2D eigenvalue weighted by atomic mass is 16.3. The van der Waals surface area contributed by atoms with E-state index in [9.17, 15) is 14.7 Å². The molecule has 0 aliphatic heterocycles. The zero-order chi connectivity index (χ0) is 17.8. The topological polar surface area (TPSA) is 84.2 Å². The Hall–Kier alpha value is -3.15. The van der Waals surface area contributed by atoms with Gasteiger partial charge >= 0.3 is 0 Å². The van der Waals surface area contributed by atoms with Gasteiger partial charge in [-0.05, 0) is 42.7 Å². The van der Waals surface area contributed by atoms with E-state index in [0.29, 0.717) is 23.9 Å². The quantitative estimate of drug-likeness (QED) is 0.743. The molecular formula is C19H19N3O3. The Labute approximate surface area is 144 Å². The van der Waals surface area contributed by atoms with Gasteiger partial charge in [0.25, 0.3) is 5.56 Å². The molecule has 0 aliphatic carbocycles. The van der Waals surface area contributed by atoms with Crippen molar-refractivity contribution >= 4 is 16.8 Å². The smallest absolute Gasteiger partial charge is 0.261 e. The van der Waals surface area contributed by atoms with Crippen molar-refractivity contribution in [2.24, 2.45) is 0 Å². The molecule has 0 radical (unpaired) electrons. The summed E-state index contributed by atoms with van der Waals surface area (Å²) in [5, 5.41) is 12.7. The first kappa shape index (κ1) is 16.7. The molecule has 1 aromatic heterocycles. The molecule has 0 bridgehead atoms. The first-order chi connectivity index (χ1) is 12.0. The van der Waals surface area contributed by atoms with Crippen LogP contribution in [0.25, 0.3) is 10.9 Å². The Kier molecular flexibility index (Phi) is 4.79. The van der Waals surface area contributed by atoms with Crippen molar-refractivity contribution < 1.29 is 9.90 Å². The molecule has 0 fully saturated rings. The summed E-state index contributed by atoms with van der Waals surface area (Å²) in [6, 6.07) is 12.3. The van der Waals surface area contributed by atoms with Crippen molar-refractivity contribution in [1.29, 1.82) is 0 Å². The molecule has 25 heavy (non-hydrogen) atoms. The number of amides is 1. The molecule has 3 aromatic rings. The van der Waals surface area contributed by atoms with Gasteiger partial charge in [-0.25, -0.2) is 4.98 Å². The highest BCUT2D eigenvalue weighted by Gasteiger charge is 2.09. The predicted molar refractivity (Wildman–Crippen MR) is 95.6 cm³/mol. The number of rotatable bonds is 5. The van der Waals surface area contributed by atoms with Gasteiger partial charge in [0.05, 0.1) is 17.2 Å². The second-order valence-corrected chi connectivity index (χ2v) is 5.92. The van der Waals surface area contributed by atoms with E-state index in [1.807, 2.05) is 19.1 Å². The second kappa shape index (κ2) is 7.17. The lowest BCUT2D eigenvalue weighted by Gasteiger charge is -2.09. The van der Waals surface area contributed by atoms with Crippen molar-refractivity contribution in [2.75, 3.05) is 6.54 Å². The third-order valence-electron chi connectivity index (χ3n) is 4.02. The number of aromatic nitrogens is 2. The van der Waals surface area contributed by atoms with Crippen LogP contribution in [0.4, 0.5) is 0 Å². The van der Waals surface area contributed by atoms with Gasteiger partial charge < -0.3 is 10.4 Å². The van der Waals surface area contributed by atoms with Crippen molar-refractivity contribution in [3.8, 4) is 5.75 Å². The summed E-state index contributed by atoms with van der Waals surface area (Å²) < 4.78 is 1.31. The summed E-state index contributed by atoms with van der Waals surface area (Å²) in [5.74, 6) is -0.0519. The summed E-state index contributed by atoms with van der Waals surface area (Å²) in [5.41, 5.74) is 2.29. The Morgan fingerprint density at radius 2 is 2.04 bits per heavy atom. The van der Waals surface area contributed by atoms with Crippen LogP contribution in [-0.4, -0.2) is 27.1 Å². The fourth-order valence-corrected chi connectivity index (χ4v) is 2.72. The number of nitrogens with one attached hydrogen (secondary N) is 1. The molecule has 6 heteroatoms. The average Bonchev–Trinajstić information content (AvgIpc) is 2.58. The van der Waals surface area contributed by atoms with Gasteiger partial charge in [-0.2, -0.15) is 0 Å². The number of hydrogen-bond acceptors (Lipinski definition) is 4. The van der Waals surface area contributed by atoms with Crippen molar-refractivity contribution in [1.82, 2.24) is 14.9 Å². The Morgan fingerprint density at radius 1 is 1.24 bits per heavy atom. The van der Waals surface area contributed by atoms with E-state index in [2.05, 4.69) is 10.3 Å². The second-order valence-electron chi connectivity index (χ2n) is 5.92. The zero-order valence-corrected chi connectivity index (χ0v) is 13.9. The minimum Gasteiger partial charge on any atom is -0.508 e. The summed E-state index contributed by atoms with van der Waals surface area (Å²) in [6.07, 6.45) is 2.01. The van der Waals surface area contributed by atoms with Gasteiger partial charge in [0.15, 0.2) is 0 Å². The molecule has 0 saturated heterocycles. The Morgan fingerprint density at radius 3 is 2.84 bits per heavy atom. The number of hydrogen-bond donors (Lipinski definition) is 2. The minimum absolute atomic E-state index is 0.0737. The highest BCUT2D eigenvalue weighted by molar-refractivity contribution is 5.81. The van der Waals surface area contributed by atoms with Gasteiger partial charge in [0.2, 0.25) is 5.91 Å². The van der Waals surface area contributed by atoms with Crippen LogP contribution in [0, 0.1) is 6.92 Å². The third-order valence-corrected chi connectivity index (χ3v) is 4.02. The number of phenols is 1. The molecular weight excluding hydrogens is 318 g/mol. The van der Waals surface area contributed by atoms with Crippen molar-refractivity contribution in [2.45, 2.75) is 19.9 Å². The largest absolute Gasteiger partial charge is 0.508 e. The van der Waals surface area contributed by atoms with Crippen molar-refractivity contribution in [3.63, 3.8) is 0 Å². The molecule has 6 nitrogen and oxygen atoms in total. The van der Waals surface area contributed by atoms with Crippen LogP contribution in [0.2, 0.25) is 0 Å². The van der Waals surface area contributed by atoms with Crippen LogP contribution in [0.15, 0.2) is 53.6 Å². The maximum absolute atomic E-state index is 12.5. The number of aromatic hydroxyl groups is 1. The maximum Gasteiger partial charge on any atom is 0.261 e. The van der Waals surface area contributed by atoms with Crippen LogP contribution >= 0.6 is 0 Å². The molecule has 0 saturated carbocycles. The first-order valence-corrected chi connectivity index (χ1v) is 8.04. The van der Waals surface area contributed by atoms with Gasteiger partial charge in [-0.3, -0.25) is 14.2 Å². The normalized spacial score (nSPS) is 10.8. The summed E-state index contributed by atoms with van der Waals surface area (Å²) >= 11 is 0. The lowest BCUT2D eigenvalue weighted by molar-refractivity contribution is -0.121. The molecule has 0 atom stereocenters. The van der Waals surface area contributed by atoms with Crippen LogP contribution in [0.3, 0.4) is 0 Å². The first-order valence-electron chi connectivity index (χ1n) is 8.04. The van der Waals surface area contributed by atoms with Gasteiger partial charge in [0.1, 0.15) is 12.3 Å². The Bertz CT molecular complexity index is 979. The Balaban J connectivity index is 1.64. The molecule has 2 N–H and O–H groups in total. The van der Waals surface area contributed by atoms with E-state index in [-0.39, 0.29) is 23.8 Å². The lowest BCUT2D eigenvalue weighted by atomic mass is 10.1. The molecule has 1 amide bonds. The van der Waals surface area contributed by atoms with Crippen LogP contribution in [0.5, 0.6) is 5.75 Å². The molecule has 0 spiro atoms. The highest BCUT2D eigenvalue weighted by Crippen LogP contribution is 2.12. The summed E-state index contributed by atoms with van der Waals surface area (Å²) in [7, 11) is 0. The molecule has 1 heterocycles. The fraction of sp³-hybridized carbons (Fsp3) is 0.211. The van der Waals surface area contributed by atoms with Crippen LogP contribution < -0.4 is 10.9 Å².